The second-order valence-corrected chi connectivity index (χ2v) is 11.9. The van der Waals surface area contributed by atoms with Crippen molar-refractivity contribution in [3.05, 3.63) is 52.8 Å². The zero-order chi connectivity index (χ0) is 23.7. The van der Waals surface area contributed by atoms with Crippen molar-refractivity contribution in [1.82, 2.24) is 4.57 Å². The van der Waals surface area contributed by atoms with Crippen molar-refractivity contribution in [2.75, 3.05) is 19.1 Å². The third kappa shape index (κ3) is 5.14. The summed E-state index contributed by atoms with van der Waals surface area (Å²) in [5, 5.41) is 0. The lowest BCUT2D eigenvalue weighted by Gasteiger charge is -2.06. The molecule has 0 atom stereocenters. The van der Waals surface area contributed by atoms with Gasteiger partial charge in [-0.2, -0.15) is 4.99 Å². The molecule has 0 aliphatic heterocycles. The van der Waals surface area contributed by atoms with E-state index in [1.807, 2.05) is 0 Å². The van der Waals surface area contributed by atoms with Gasteiger partial charge in [-0.3, -0.25) is 9.59 Å². The monoisotopic (exact) mass is 496 g/mol. The minimum Gasteiger partial charge on any atom is -0.465 e. The molecule has 32 heavy (non-hydrogen) atoms. The molecule has 0 unspecified atom stereocenters. The first-order chi connectivity index (χ1) is 14.9. The summed E-state index contributed by atoms with van der Waals surface area (Å²) in [6.45, 7) is 1.56. The second kappa shape index (κ2) is 8.96. The van der Waals surface area contributed by atoms with Gasteiger partial charge in [-0.1, -0.05) is 23.5 Å². The third-order valence-corrected chi connectivity index (χ3v) is 7.70. The predicted molar refractivity (Wildman–Crippen MR) is 119 cm³/mol. The van der Waals surface area contributed by atoms with E-state index in [2.05, 4.69) is 4.99 Å². The molecule has 12 heteroatoms. The van der Waals surface area contributed by atoms with E-state index in [4.69, 9.17) is 4.74 Å². The molecule has 0 aliphatic carbocycles. The normalized spacial score (nSPS) is 12.8. The molecule has 1 heterocycles. The first-order valence-electron chi connectivity index (χ1n) is 9.29. The van der Waals surface area contributed by atoms with Gasteiger partial charge < -0.3 is 9.30 Å². The Labute approximate surface area is 188 Å². The highest BCUT2D eigenvalue weighted by atomic mass is 32.2. The fourth-order valence-electron chi connectivity index (χ4n) is 2.97. The Kier molecular flexibility index (Phi) is 6.67. The predicted octanol–water partition coefficient (Wildman–Crippen LogP) is 1.81. The van der Waals surface area contributed by atoms with Gasteiger partial charge in [0.1, 0.15) is 6.54 Å². The van der Waals surface area contributed by atoms with Crippen LogP contribution in [-0.4, -0.2) is 52.4 Å². The van der Waals surface area contributed by atoms with Gasteiger partial charge in [0, 0.05) is 12.5 Å². The Morgan fingerprint density at radius 2 is 1.72 bits per heavy atom. The summed E-state index contributed by atoms with van der Waals surface area (Å²) in [4.78, 5) is 29.1. The smallest absolute Gasteiger partial charge is 0.326 e. The molecule has 1 amide bonds. The molecule has 0 fully saturated rings. The highest BCUT2D eigenvalue weighted by Gasteiger charge is 2.19. The molecule has 3 aromatic rings. The van der Waals surface area contributed by atoms with Crippen LogP contribution in [0, 0.1) is 0 Å². The molecule has 9 nitrogen and oxygen atoms in total. The third-order valence-electron chi connectivity index (χ3n) is 4.39. The first kappa shape index (κ1) is 23.8. The van der Waals surface area contributed by atoms with Crippen molar-refractivity contribution in [3.63, 3.8) is 0 Å². The van der Waals surface area contributed by atoms with Crippen molar-refractivity contribution in [3.8, 4) is 0 Å². The molecular weight excluding hydrogens is 476 g/mol. The van der Waals surface area contributed by atoms with Gasteiger partial charge >= 0.3 is 5.97 Å². The van der Waals surface area contributed by atoms with E-state index in [9.17, 15) is 26.4 Å². The van der Waals surface area contributed by atoms with Crippen LogP contribution in [0.25, 0.3) is 10.2 Å². The van der Waals surface area contributed by atoms with E-state index in [1.165, 1.54) is 47.0 Å². The van der Waals surface area contributed by atoms with E-state index < -0.39 is 31.6 Å². The van der Waals surface area contributed by atoms with Crippen molar-refractivity contribution in [2.24, 2.45) is 4.99 Å². The van der Waals surface area contributed by atoms with Crippen molar-refractivity contribution < 1.29 is 31.2 Å². The van der Waals surface area contributed by atoms with Gasteiger partial charge in [0.15, 0.2) is 24.5 Å². The van der Waals surface area contributed by atoms with Gasteiger partial charge in [-0.25, -0.2) is 16.8 Å². The molecule has 2 aromatic carbocycles. The topological polar surface area (TPSA) is 129 Å². The molecule has 0 saturated carbocycles. The molecule has 0 aliphatic rings. The molecule has 3 rings (SSSR count). The lowest BCUT2D eigenvalue weighted by molar-refractivity contribution is -0.143. The number of fused-ring (bicyclic) bond motifs is 1. The number of hydrogen-bond donors (Lipinski definition) is 0. The van der Waals surface area contributed by atoms with E-state index in [-0.39, 0.29) is 33.3 Å². The summed E-state index contributed by atoms with van der Waals surface area (Å²) in [7, 11) is -7.15. The standard InChI is InChI=1S/C20H20N2O7S3/c1-4-29-18(23)12-22-15-10-9-13(31(2,25)26)11-16(15)30-20(22)21-19(24)14-7-5-6-8-17(14)32(3,27)28/h5-11H,4,12H2,1-3H3. The Morgan fingerprint density at radius 1 is 1.03 bits per heavy atom. The van der Waals surface area contributed by atoms with Crippen LogP contribution in [0.15, 0.2) is 57.2 Å². The van der Waals surface area contributed by atoms with Crippen LogP contribution in [0.2, 0.25) is 0 Å². The van der Waals surface area contributed by atoms with E-state index >= 15 is 0 Å². The number of ether oxygens (including phenoxy) is 1. The number of rotatable bonds is 6. The van der Waals surface area contributed by atoms with Gasteiger partial charge in [0.2, 0.25) is 0 Å². The summed E-state index contributed by atoms with van der Waals surface area (Å²) >= 11 is 1.00. The number of amides is 1. The summed E-state index contributed by atoms with van der Waals surface area (Å²) in [5.74, 6) is -1.37. The number of benzene rings is 2. The molecule has 0 saturated heterocycles. The summed E-state index contributed by atoms with van der Waals surface area (Å²) in [6, 6.07) is 10.0. The van der Waals surface area contributed by atoms with Crippen LogP contribution >= 0.6 is 11.3 Å². The summed E-state index contributed by atoms with van der Waals surface area (Å²) in [5.41, 5.74) is 0.380. The van der Waals surface area contributed by atoms with Crippen LogP contribution < -0.4 is 4.80 Å². The zero-order valence-electron chi connectivity index (χ0n) is 17.4. The fourth-order valence-corrected chi connectivity index (χ4v) is 5.64. The SMILES string of the molecule is CCOC(=O)Cn1c(=NC(=O)c2ccccc2S(C)(=O)=O)sc2cc(S(C)(=O)=O)ccc21. The molecule has 0 spiro atoms. The molecule has 0 radical (unpaired) electrons. The van der Waals surface area contributed by atoms with Gasteiger partial charge in [0.25, 0.3) is 5.91 Å². The highest BCUT2D eigenvalue weighted by Crippen LogP contribution is 2.22. The van der Waals surface area contributed by atoms with E-state index in [0.717, 1.165) is 23.8 Å². The van der Waals surface area contributed by atoms with E-state index in [0.29, 0.717) is 10.2 Å². The molecular formula is C20H20N2O7S3. The molecule has 170 valence electrons. The maximum absolute atomic E-state index is 12.9. The summed E-state index contributed by atoms with van der Waals surface area (Å²) < 4.78 is 54.9. The maximum Gasteiger partial charge on any atom is 0.326 e. The Bertz CT molecular complexity index is 1500. The minimum atomic E-state index is -3.68. The number of thiazole rings is 1. The van der Waals surface area contributed by atoms with E-state index in [1.54, 1.807) is 6.92 Å². The van der Waals surface area contributed by atoms with Crippen molar-refractivity contribution >= 4 is 53.1 Å². The van der Waals surface area contributed by atoms with Crippen LogP contribution in [0.1, 0.15) is 17.3 Å². The fraction of sp³-hybridized carbons (Fsp3) is 0.250. The largest absolute Gasteiger partial charge is 0.465 e. The van der Waals surface area contributed by atoms with Gasteiger partial charge in [-0.05, 0) is 37.3 Å². The minimum absolute atomic E-state index is 0.0785. The average molecular weight is 497 g/mol. The van der Waals surface area contributed by atoms with Crippen LogP contribution in [0.5, 0.6) is 0 Å². The Balaban J connectivity index is 2.23. The molecule has 0 bridgehead atoms. The maximum atomic E-state index is 12.9. The number of nitrogens with zero attached hydrogens (tertiary/aromatic N) is 2. The average Bonchev–Trinajstić information content (AvgIpc) is 3.03. The Hall–Kier alpha value is -2.83. The lowest BCUT2D eigenvalue weighted by Crippen LogP contribution is -2.23. The van der Waals surface area contributed by atoms with Crippen LogP contribution in [-0.2, 0) is 35.8 Å². The van der Waals surface area contributed by atoms with Crippen molar-refractivity contribution in [1.29, 1.82) is 0 Å². The number of esters is 1. The van der Waals surface area contributed by atoms with Crippen molar-refractivity contribution in [2.45, 2.75) is 23.3 Å². The molecule has 0 N–H and O–H groups in total. The first-order valence-corrected chi connectivity index (χ1v) is 13.9. The highest BCUT2D eigenvalue weighted by molar-refractivity contribution is 7.91. The zero-order valence-corrected chi connectivity index (χ0v) is 19.9. The number of hydrogen-bond acceptors (Lipinski definition) is 8. The molecule has 1 aromatic heterocycles. The number of carbonyl (C=O) groups excluding carboxylic acids is 2. The second-order valence-electron chi connectivity index (χ2n) is 6.86. The number of aromatic nitrogens is 1. The Morgan fingerprint density at radius 3 is 2.34 bits per heavy atom. The van der Waals surface area contributed by atoms with Crippen LogP contribution in [0.4, 0.5) is 0 Å². The summed E-state index contributed by atoms with van der Waals surface area (Å²) in [6.07, 6.45) is 2.07. The van der Waals surface area contributed by atoms with Gasteiger partial charge in [-0.15, -0.1) is 0 Å². The number of carbonyl (C=O) groups is 2. The quantitative estimate of drug-likeness (QED) is 0.476. The van der Waals surface area contributed by atoms with Gasteiger partial charge in [0.05, 0.1) is 32.2 Å². The van der Waals surface area contributed by atoms with Crippen LogP contribution in [0.3, 0.4) is 0 Å². The lowest BCUT2D eigenvalue weighted by atomic mass is 10.2. The number of sulfone groups is 2.